The summed E-state index contributed by atoms with van der Waals surface area (Å²) in [6.07, 6.45) is 0. The molecule has 0 bridgehead atoms. The van der Waals surface area contributed by atoms with Crippen LogP contribution in [0.4, 0.5) is 5.69 Å². The van der Waals surface area contributed by atoms with Gasteiger partial charge in [0.25, 0.3) is 16.0 Å². The normalized spacial score (nSPS) is 12.1. The summed E-state index contributed by atoms with van der Waals surface area (Å²) in [6.45, 7) is 0. The van der Waals surface area contributed by atoms with Gasteiger partial charge in [0.1, 0.15) is 5.75 Å². The molecule has 2 N–H and O–H groups in total. The monoisotopic (exact) mass is 469 g/mol. The van der Waals surface area contributed by atoms with E-state index in [2.05, 4.69) is 0 Å². The number of phenols is 1. The predicted molar refractivity (Wildman–Crippen MR) is 113 cm³/mol. The van der Waals surface area contributed by atoms with Crippen molar-refractivity contribution in [3.8, 4) is 5.75 Å². The van der Waals surface area contributed by atoms with Crippen molar-refractivity contribution >= 4 is 54.1 Å². The molecule has 0 unspecified atom stereocenters. The molecule has 0 atom stereocenters. The lowest BCUT2D eigenvalue weighted by Crippen LogP contribution is -2.39. The van der Waals surface area contributed by atoms with Crippen molar-refractivity contribution in [2.24, 2.45) is 0 Å². The number of sulfonamides is 1. The second-order valence-corrected chi connectivity index (χ2v) is 10.0. The van der Waals surface area contributed by atoms with Crippen LogP contribution in [0, 0.1) is 0 Å². The van der Waals surface area contributed by atoms with Crippen LogP contribution in [0.5, 0.6) is 5.75 Å². The number of halogens is 1. The number of carbonyl (C=O) groups is 1. The highest BCUT2D eigenvalue weighted by Gasteiger charge is 2.30. The van der Waals surface area contributed by atoms with E-state index in [4.69, 9.17) is 11.6 Å². The average Bonchev–Trinajstić information content (AvgIpc) is 2.67. The molecule has 30 heavy (non-hydrogen) atoms. The largest absolute Gasteiger partial charge is 0.507 e. The molecule has 3 aromatic rings. The molecule has 0 saturated heterocycles. The van der Waals surface area contributed by atoms with E-state index in [-0.39, 0.29) is 27.9 Å². The van der Waals surface area contributed by atoms with Crippen molar-refractivity contribution in [3.63, 3.8) is 0 Å². The number of hydrogen-bond acceptors (Lipinski definition) is 6. The summed E-state index contributed by atoms with van der Waals surface area (Å²) in [7, 11) is -8.79. The fourth-order valence-corrected chi connectivity index (χ4v) is 5.17. The number of hydrogen-bond donors (Lipinski definition) is 2. The zero-order valence-electron chi connectivity index (χ0n) is 15.3. The van der Waals surface area contributed by atoms with Gasteiger partial charge in [-0.3, -0.25) is 9.35 Å². The Morgan fingerprint density at radius 2 is 1.63 bits per heavy atom. The van der Waals surface area contributed by atoms with Crippen LogP contribution < -0.4 is 4.31 Å². The highest BCUT2D eigenvalue weighted by molar-refractivity contribution is 7.93. The number of rotatable bonds is 6. The summed E-state index contributed by atoms with van der Waals surface area (Å²) in [5, 5.41) is 10.4. The number of alkyl halides is 1. The fourth-order valence-electron chi connectivity index (χ4n) is 2.88. The lowest BCUT2D eigenvalue weighted by atomic mass is 10.1. The van der Waals surface area contributed by atoms with Crippen molar-refractivity contribution in [1.82, 2.24) is 0 Å². The van der Waals surface area contributed by atoms with Gasteiger partial charge >= 0.3 is 0 Å². The number of fused-ring (bicyclic) bond motifs is 1. The summed E-state index contributed by atoms with van der Waals surface area (Å²) in [5.74, 6) is -2.02. The molecule has 0 spiro atoms. The number of phenolic OH excluding ortho intramolecular Hbond substituents is 1. The van der Waals surface area contributed by atoms with Crippen LogP contribution in [0.3, 0.4) is 0 Å². The third kappa shape index (κ3) is 4.41. The van der Waals surface area contributed by atoms with Crippen LogP contribution in [0.2, 0.25) is 0 Å². The van der Waals surface area contributed by atoms with Gasteiger partial charge in [-0.25, -0.2) is 12.7 Å². The Labute approximate surface area is 178 Å². The van der Waals surface area contributed by atoms with Crippen molar-refractivity contribution in [3.05, 3.63) is 66.2 Å². The molecule has 0 aliphatic heterocycles. The van der Waals surface area contributed by atoms with Crippen molar-refractivity contribution in [1.29, 1.82) is 0 Å². The standard InChI is InChI=1S/C19H16ClNO7S2/c20-8-9-29(24,25)21(19(23)13-4-2-1-3-5-13)15-6-7-17-14(10-15)11-16(12-18(17)22)30(26,27)28/h1-7,10-12,22H,8-9H2,(H,26,27,28). The molecule has 1 amide bonds. The Kier molecular flexibility index (Phi) is 6.04. The van der Waals surface area contributed by atoms with Crippen LogP contribution >= 0.6 is 11.6 Å². The molecule has 3 rings (SSSR count). The van der Waals surface area contributed by atoms with E-state index in [1.54, 1.807) is 18.2 Å². The van der Waals surface area contributed by atoms with E-state index in [1.165, 1.54) is 30.3 Å². The van der Waals surface area contributed by atoms with Gasteiger partial charge in [0.15, 0.2) is 0 Å². The molecular formula is C19H16ClNO7S2. The van der Waals surface area contributed by atoms with E-state index in [1.807, 2.05) is 0 Å². The zero-order valence-corrected chi connectivity index (χ0v) is 17.7. The number of carbonyl (C=O) groups excluding carboxylic acids is 1. The van der Waals surface area contributed by atoms with Gasteiger partial charge in [0, 0.05) is 22.9 Å². The Morgan fingerprint density at radius 3 is 2.23 bits per heavy atom. The average molecular weight is 470 g/mol. The lowest BCUT2D eigenvalue weighted by molar-refractivity contribution is 0.101. The Morgan fingerprint density at radius 1 is 0.967 bits per heavy atom. The van der Waals surface area contributed by atoms with Gasteiger partial charge in [0.2, 0.25) is 10.0 Å². The first-order chi connectivity index (χ1) is 14.0. The van der Waals surface area contributed by atoms with Gasteiger partial charge < -0.3 is 5.11 Å². The molecule has 0 fully saturated rings. The predicted octanol–water partition coefficient (Wildman–Crippen LogP) is 3.01. The summed E-state index contributed by atoms with van der Waals surface area (Å²) >= 11 is 5.61. The molecule has 0 saturated carbocycles. The summed E-state index contributed by atoms with van der Waals surface area (Å²) < 4.78 is 58.4. The number of aromatic hydroxyl groups is 1. The van der Waals surface area contributed by atoms with E-state index in [0.29, 0.717) is 4.31 Å². The molecule has 0 aromatic heterocycles. The third-order valence-electron chi connectivity index (χ3n) is 4.24. The minimum atomic E-state index is -4.62. The molecule has 0 aliphatic rings. The van der Waals surface area contributed by atoms with Gasteiger partial charge in [-0.15, -0.1) is 11.6 Å². The quantitative estimate of drug-likeness (QED) is 0.419. The molecule has 8 nitrogen and oxygen atoms in total. The van der Waals surface area contributed by atoms with Crippen LogP contribution in [-0.2, 0) is 20.1 Å². The Bertz CT molecular complexity index is 1320. The maximum Gasteiger partial charge on any atom is 0.294 e. The van der Waals surface area contributed by atoms with Crippen LogP contribution in [0.25, 0.3) is 10.8 Å². The van der Waals surface area contributed by atoms with Gasteiger partial charge in [-0.1, -0.05) is 18.2 Å². The van der Waals surface area contributed by atoms with Crippen molar-refractivity contribution < 1.29 is 31.3 Å². The van der Waals surface area contributed by atoms with Crippen molar-refractivity contribution in [2.45, 2.75) is 4.90 Å². The molecule has 158 valence electrons. The number of anilines is 1. The third-order valence-corrected chi connectivity index (χ3v) is 7.14. The summed E-state index contributed by atoms with van der Waals surface area (Å²) in [5.41, 5.74) is 0.0404. The van der Waals surface area contributed by atoms with Gasteiger partial charge in [-0.2, -0.15) is 8.42 Å². The van der Waals surface area contributed by atoms with E-state index < -0.39 is 42.4 Å². The van der Waals surface area contributed by atoms with E-state index in [9.17, 15) is 31.3 Å². The fraction of sp³-hybridized carbons (Fsp3) is 0.105. The summed E-state index contributed by atoms with van der Waals surface area (Å²) in [4.78, 5) is 12.4. The molecule has 3 aromatic carbocycles. The molecule has 0 radical (unpaired) electrons. The van der Waals surface area contributed by atoms with Crippen LogP contribution in [-0.4, -0.2) is 44.0 Å². The summed E-state index contributed by atoms with van der Waals surface area (Å²) in [6, 6.07) is 13.6. The number of benzene rings is 3. The highest BCUT2D eigenvalue weighted by atomic mass is 35.5. The Hall–Kier alpha value is -2.66. The first-order valence-corrected chi connectivity index (χ1v) is 12.1. The number of nitrogens with zero attached hydrogens (tertiary/aromatic N) is 1. The maximum atomic E-state index is 13.0. The van der Waals surface area contributed by atoms with E-state index in [0.717, 1.165) is 12.1 Å². The lowest BCUT2D eigenvalue weighted by Gasteiger charge is -2.23. The van der Waals surface area contributed by atoms with Gasteiger partial charge in [0.05, 0.1) is 16.3 Å². The van der Waals surface area contributed by atoms with Crippen LogP contribution in [0.15, 0.2) is 65.6 Å². The van der Waals surface area contributed by atoms with E-state index >= 15 is 0 Å². The highest BCUT2D eigenvalue weighted by Crippen LogP contribution is 2.33. The minimum absolute atomic E-state index is 0.0756. The topological polar surface area (TPSA) is 129 Å². The second kappa shape index (κ2) is 8.23. The molecule has 11 heteroatoms. The van der Waals surface area contributed by atoms with Crippen LogP contribution in [0.1, 0.15) is 10.4 Å². The second-order valence-electron chi connectivity index (χ2n) is 6.26. The number of amides is 1. The first kappa shape index (κ1) is 22.0. The Balaban J connectivity index is 2.24. The zero-order chi connectivity index (χ0) is 22.1. The van der Waals surface area contributed by atoms with Crippen molar-refractivity contribution in [2.75, 3.05) is 15.9 Å². The molecular weight excluding hydrogens is 454 g/mol. The minimum Gasteiger partial charge on any atom is -0.507 e. The molecule has 0 heterocycles. The SMILES string of the molecule is O=C(c1ccccc1)N(c1ccc2c(O)cc(S(=O)(=O)O)cc2c1)S(=O)(=O)CCCl. The van der Waals surface area contributed by atoms with Gasteiger partial charge in [-0.05, 0) is 41.8 Å². The molecule has 0 aliphatic carbocycles. The maximum absolute atomic E-state index is 13.0. The first-order valence-electron chi connectivity index (χ1n) is 8.47. The smallest absolute Gasteiger partial charge is 0.294 e.